The van der Waals surface area contributed by atoms with Gasteiger partial charge in [0.05, 0.1) is 17.6 Å². The first-order valence-electron chi connectivity index (χ1n) is 4.66. The lowest BCUT2D eigenvalue weighted by Gasteiger charge is -2.10. The molecule has 2 rings (SSSR count). The van der Waals surface area contributed by atoms with E-state index in [9.17, 15) is 10.1 Å². The minimum atomic E-state index is -0.704. The van der Waals surface area contributed by atoms with Crippen LogP contribution in [0.4, 0.5) is 5.69 Å². The Morgan fingerprint density at radius 3 is 2.88 bits per heavy atom. The lowest BCUT2D eigenvalue weighted by Crippen LogP contribution is -2.37. The number of nitrogens with zero attached hydrogens (tertiary/aromatic N) is 1. The Morgan fingerprint density at radius 1 is 1.44 bits per heavy atom. The first-order valence-corrected chi connectivity index (χ1v) is 4.66. The van der Waals surface area contributed by atoms with Crippen molar-refractivity contribution in [1.82, 2.24) is 5.32 Å². The Balaban J connectivity index is 2.09. The van der Waals surface area contributed by atoms with Crippen LogP contribution < -0.4 is 14.8 Å². The van der Waals surface area contributed by atoms with Gasteiger partial charge in [-0.05, 0) is 6.07 Å². The van der Waals surface area contributed by atoms with Crippen LogP contribution in [0.25, 0.3) is 0 Å². The second-order valence-electron chi connectivity index (χ2n) is 3.13. The van der Waals surface area contributed by atoms with Crippen LogP contribution in [0, 0.1) is 10.1 Å². The molecule has 1 unspecified atom stereocenters. The van der Waals surface area contributed by atoms with E-state index in [2.05, 4.69) is 5.32 Å². The van der Waals surface area contributed by atoms with E-state index in [4.69, 9.17) is 14.6 Å². The topological polar surface area (TPSA) is 93.9 Å². The van der Waals surface area contributed by atoms with E-state index in [1.165, 1.54) is 18.2 Å². The lowest BCUT2D eigenvalue weighted by atomic mass is 10.3. The molecule has 0 bridgehead atoms. The zero-order chi connectivity index (χ0) is 11.5. The number of non-ortho nitro benzene ring substituents is 1. The second-order valence-corrected chi connectivity index (χ2v) is 3.13. The molecule has 0 spiro atoms. The van der Waals surface area contributed by atoms with Gasteiger partial charge in [-0.3, -0.25) is 10.1 Å². The lowest BCUT2D eigenvalue weighted by molar-refractivity contribution is -0.384. The van der Waals surface area contributed by atoms with Gasteiger partial charge in [-0.15, -0.1) is 0 Å². The Kier molecular flexibility index (Phi) is 2.88. The molecule has 1 aliphatic heterocycles. The number of rotatable bonds is 4. The molecular formula is C9H10N2O5. The van der Waals surface area contributed by atoms with Crippen molar-refractivity contribution in [2.45, 2.75) is 6.41 Å². The number of nitro benzene ring substituents is 1. The maximum absolute atomic E-state index is 10.5. The standard InChI is InChI=1S/C9H10N2O5/c12-4-3-10-9-15-7-2-1-6(11(13)14)5-8(7)16-9/h1-2,5,9-10,12H,3-4H2. The second kappa shape index (κ2) is 4.33. The van der Waals surface area contributed by atoms with Crippen LogP contribution in [0.3, 0.4) is 0 Å². The van der Waals surface area contributed by atoms with E-state index in [-0.39, 0.29) is 12.3 Å². The normalized spacial score (nSPS) is 17.4. The molecule has 7 heteroatoms. The van der Waals surface area contributed by atoms with E-state index in [1.54, 1.807) is 0 Å². The predicted molar refractivity (Wildman–Crippen MR) is 53.2 cm³/mol. The van der Waals surface area contributed by atoms with Gasteiger partial charge in [-0.2, -0.15) is 0 Å². The van der Waals surface area contributed by atoms with Gasteiger partial charge in [-0.1, -0.05) is 0 Å². The van der Waals surface area contributed by atoms with Crippen molar-refractivity contribution < 1.29 is 19.5 Å². The third kappa shape index (κ3) is 2.05. The highest BCUT2D eigenvalue weighted by Crippen LogP contribution is 2.36. The highest BCUT2D eigenvalue weighted by atomic mass is 16.7. The third-order valence-corrected chi connectivity index (χ3v) is 2.03. The van der Waals surface area contributed by atoms with Gasteiger partial charge in [0.2, 0.25) is 0 Å². The van der Waals surface area contributed by atoms with Crippen molar-refractivity contribution in [3.63, 3.8) is 0 Å². The highest BCUT2D eigenvalue weighted by molar-refractivity contribution is 5.50. The zero-order valence-electron chi connectivity index (χ0n) is 8.25. The molecule has 0 radical (unpaired) electrons. The summed E-state index contributed by atoms with van der Waals surface area (Å²) in [4.78, 5) is 10.0. The molecular weight excluding hydrogens is 216 g/mol. The molecule has 0 fully saturated rings. The average Bonchev–Trinajstić information content (AvgIpc) is 2.67. The van der Waals surface area contributed by atoms with Gasteiger partial charge in [-0.25, -0.2) is 5.32 Å². The third-order valence-electron chi connectivity index (χ3n) is 2.03. The van der Waals surface area contributed by atoms with E-state index < -0.39 is 11.3 Å². The molecule has 2 N–H and O–H groups in total. The smallest absolute Gasteiger partial charge is 0.302 e. The quantitative estimate of drug-likeness (QED) is 0.563. The van der Waals surface area contributed by atoms with Crippen molar-refractivity contribution in [2.24, 2.45) is 0 Å². The predicted octanol–water partition coefficient (Wildman–Crippen LogP) is 0.231. The molecule has 86 valence electrons. The summed E-state index contributed by atoms with van der Waals surface area (Å²) in [6.07, 6.45) is -0.704. The fourth-order valence-corrected chi connectivity index (χ4v) is 1.32. The molecule has 0 amide bonds. The molecule has 1 heterocycles. The summed E-state index contributed by atoms with van der Waals surface area (Å²) in [5.41, 5.74) is -0.0508. The number of fused-ring (bicyclic) bond motifs is 1. The Morgan fingerprint density at radius 2 is 2.19 bits per heavy atom. The molecule has 1 aromatic rings. The van der Waals surface area contributed by atoms with Crippen molar-refractivity contribution in [2.75, 3.05) is 13.2 Å². The summed E-state index contributed by atoms with van der Waals surface area (Å²) in [6.45, 7) is 0.278. The molecule has 0 aromatic heterocycles. The first kappa shape index (κ1) is 10.7. The Hall–Kier alpha value is -1.86. The number of aliphatic hydroxyl groups is 1. The average molecular weight is 226 g/mol. The monoisotopic (exact) mass is 226 g/mol. The fourth-order valence-electron chi connectivity index (χ4n) is 1.32. The summed E-state index contributed by atoms with van der Waals surface area (Å²) in [7, 11) is 0. The summed E-state index contributed by atoms with van der Waals surface area (Å²) in [5.74, 6) is 0.769. The minimum absolute atomic E-state index is 0.0420. The molecule has 7 nitrogen and oxygen atoms in total. The minimum Gasteiger partial charge on any atom is -0.438 e. The van der Waals surface area contributed by atoms with Crippen LogP contribution in [0.5, 0.6) is 11.5 Å². The van der Waals surface area contributed by atoms with E-state index in [1.807, 2.05) is 0 Å². The number of hydrogen-bond donors (Lipinski definition) is 2. The Bertz CT molecular complexity index is 409. The molecule has 1 aliphatic rings. The largest absolute Gasteiger partial charge is 0.438 e. The SMILES string of the molecule is O=[N+]([O-])c1ccc2c(c1)OC(NCCO)O2. The van der Waals surface area contributed by atoms with Crippen molar-refractivity contribution >= 4 is 5.69 Å². The van der Waals surface area contributed by atoms with Crippen LogP contribution >= 0.6 is 0 Å². The van der Waals surface area contributed by atoms with Crippen molar-refractivity contribution in [3.05, 3.63) is 28.3 Å². The number of nitro groups is 1. The summed E-state index contributed by atoms with van der Waals surface area (Å²) < 4.78 is 10.5. The summed E-state index contributed by atoms with van der Waals surface area (Å²) in [5, 5.41) is 21.9. The molecule has 1 atom stereocenters. The van der Waals surface area contributed by atoms with Crippen molar-refractivity contribution in [1.29, 1.82) is 0 Å². The maximum Gasteiger partial charge on any atom is 0.302 e. The first-order chi connectivity index (χ1) is 7.70. The zero-order valence-corrected chi connectivity index (χ0v) is 8.25. The van der Waals surface area contributed by atoms with Crippen LogP contribution in [-0.4, -0.2) is 29.6 Å². The van der Waals surface area contributed by atoms with Crippen LogP contribution in [-0.2, 0) is 0 Å². The van der Waals surface area contributed by atoms with Gasteiger partial charge < -0.3 is 14.6 Å². The molecule has 0 aliphatic carbocycles. The van der Waals surface area contributed by atoms with Crippen molar-refractivity contribution in [3.8, 4) is 11.5 Å². The molecule has 0 saturated carbocycles. The van der Waals surface area contributed by atoms with E-state index in [0.29, 0.717) is 18.0 Å². The number of hydrogen-bond acceptors (Lipinski definition) is 6. The van der Waals surface area contributed by atoms with Gasteiger partial charge in [0, 0.05) is 12.6 Å². The number of nitrogens with one attached hydrogen (secondary N) is 1. The van der Waals surface area contributed by atoms with E-state index >= 15 is 0 Å². The van der Waals surface area contributed by atoms with Gasteiger partial charge >= 0.3 is 6.41 Å². The fraction of sp³-hybridized carbons (Fsp3) is 0.333. The highest BCUT2D eigenvalue weighted by Gasteiger charge is 2.25. The van der Waals surface area contributed by atoms with Crippen LogP contribution in [0.1, 0.15) is 0 Å². The van der Waals surface area contributed by atoms with Gasteiger partial charge in [0.1, 0.15) is 0 Å². The molecule has 1 aromatic carbocycles. The number of ether oxygens (including phenoxy) is 2. The van der Waals surface area contributed by atoms with E-state index in [0.717, 1.165) is 0 Å². The van der Waals surface area contributed by atoms with Crippen LogP contribution in [0.2, 0.25) is 0 Å². The molecule has 0 saturated heterocycles. The Labute approximate surface area is 90.7 Å². The number of aliphatic hydroxyl groups excluding tert-OH is 1. The van der Waals surface area contributed by atoms with Gasteiger partial charge in [0.25, 0.3) is 5.69 Å². The summed E-state index contributed by atoms with van der Waals surface area (Å²) >= 11 is 0. The maximum atomic E-state index is 10.5. The molecule has 16 heavy (non-hydrogen) atoms. The van der Waals surface area contributed by atoms with Crippen LogP contribution in [0.15, 0.2) is 18.2 Å². The van der Waals surface area contributed by atoms with Gasteiger partial charge in [0.15, 0.2) is 11.5 Å². The number of benzene rings is 1. The summed E-state index contributed by atoms with van der Waals surface area (Å²) in [6, 6.07) is 4.13.